The van der Waals surface area contributed by atoms with E-state index in [9.17, 15) is 18.4 Å². The van der Waals surface area contributed by atoms with E-state index in [2.05, 4.69) is 16.6 Å². The lowest BCUT2D eigenvalue weighted by atomic mass is 9.83. The highest BCUT2D eigenvalue weighted by atomic mass is 19.3. The van der Waals surface area contributed by atoms with Crippen LogP contribution < -0.4 is 5.32 Å². The molecule has 5 nitrogen and oxygen atoms in total. The second kappa shape index (κ2) is 7.21. The molecule has 114 valence electrons. The maximum Gasteiger partial charge on any atom is 0.408 e. The van der Waals surface area contributed by atoms with E-state index >= 15 is 0 Å². The zero-order valence-corrected chi connectivity index (χ0v) is 11.1. The summed E-state index contributed by atoms with van der Waals surface area (Å²) in [5.74, 6) is -3.97. The number of carboxylic acids is 1. The summed E-state index contributed by atoms with van der Waals surface area (Å²) in [5, 5.41) is 11.3. The molecule has 0 aromatic rings. The summed E-state index contributed by atoms with van der Waals surface area (Å²) in [6.45, 7) is 3.34. The Bertz CT molecular complexity index is 363. The Balaban J connectivity index is 2.45. The fraction of sp³-hybridized carbons (Fsp3) is 0.692. The molecule has 20 heavy (non-hydrogen) atoms. The monoisotopic (exact) mass is 291 g/mol. The van der Waals surface area contributed by atoms with E-state index < -0.39 is 24.0 Å². The Hall–Kier alpha value is -1.66. The Morgan fingerprint density at radius 2 is 2.05 bits per heavy atom. The van der Waals surface area contributed by atoms with Crippen LogP contribution in [0.15, 0.2) is 12.7 Å². The minimum Gasteiger partial charge on any atom is -0.480 e. The number of carboxylic acid groups (broad SMARTS) is 1. The molecule has 0 aromatic carbocycles. The molecule has 0 aliphatic heterocycles. The Morgan fingerprint density at radius 3 is 2.55 bits per heavy atom. The highest BCUT2D eigenvalue weighted by Gasteiger charge is 2.36. The van der Waals surface area contributed by atoms with Gasteiger partial charge < -0.3 is 15.2 Å². The lowest BCUT2D eigenvalue weighted by molar-refractivity contribution is -0.140. The van der Waals surface area contributed by atoms with Gasteiger partial charge in [-0.2, -0.15) is 0 Å². The maximum atomic E-state index is 13.0. The number of carbonyl (C=O) groups is 2. The number of alkyl carbamates (subject to hydrolysis) is 1. The summed E-state index contributed by atoms with van der Waals surface area (Å²) < 4.78 is 30.7. The standard InChI is InChI=1S/C13H19F2NO4/c1-2-7-20-12(19)16-10(11(17)18)8-9-3-5-13(14,15)6-4-9/h2,9-10H,1,3-8H2,(H,16,19)(H,17,18)/t10-/m1/s1. The summed E-state index contributed by atoms with van der Waals surface area (Å²) in [6, 6.07) is -1.12. The molecule has 7 heteroatoms. The zero-order chi connectivity index (χ0) is 15.2. The van der Waals surface area contributed by atoms with E-state index in [1.165, 1.54) is 6.08 Å². The van der Waals surface area contributed by atoms with E-state index in [-0.39, 0.29) is 44.6 Å². The number of hydrogen-bond acceptors (Lipinski definition) is 3. The number of amides is 1. The number of carbonyl (C=O) groups excluding carboxylic acids is 1. The van der Waals surface area contributed by atoms with Gasteiger partial charge in [0.2, 0.25) is 5.92 Å². The first-order valence-corrected chi connectivity index (χ1v) is 6.49. The minimum absolute atomic E-state index is 0.0200. The van der Waals surface area contributed by atoms with Crippen molar-refractivity contribution in [1.29, 1.82) is 0 Å². The molecule has 2 N–H and O–H groups in total. The second-order valence-corrected chi connectivity index (χ2v) is 4.96. The summed E-state index contributed by atoms with van der Waals surface area (Å²) in [6.07, 6.45) is 0.710. The summed E-state index contributed by atoms with van der Waals surface area (Å²) in [7, 11) is 0. The van der Waals surface area contributed by atoms with Crippen molar-refractivity contribution in [2.75, 3.05) is 6.61 Å². The van der Waals surface area contributed by atoms with Gasteiger partial charge in [-0.25, -0.2) is 18.4 Å². The van der Waals surface area contributed by atoms with E-state index in [1.54, 1.807) is 0 Å². The second-order valence-electron chi connectivity index (χ2n) is 4.96. The topological polar surface area (TPSA) is 75.6 Å². The summed E-state index contributed by atoms with van der Waals surface area (Å²) in [4.78, 5) is 22.4. The number of ether oxygens (including phenoxy) is 1. The van der Waals surface area contributed by atoms with Crippen molar-refractivity contribution in [3.05, 3.63) is 12.7 Å². The lowest BCUT2D eigenvalue weighted by Crippen LogP contribution is -2.43. The SMILES string of the molecule is C=CCOC(=O)N[C@H](CC1CCC(F)(F)CC1)C(=O)O. The zero-order valence-electron chi connectivity index (χ0n) is 11.1. The lowest BCUT2D eigenvalue weighted by Gasteiger charge is -2.29. The van der Waals surface area contributed by atoms with Gasteiger partial charge in [-0.05, 0) is 25.2 Å². The molecule has 1 rings (SSSR count). The van der Waals surface area contributed by atoms with Crippen molar-refractivity contribution < 1.29 is 28.2 Å². The van der Waals surface area contributed by atoms with Crippen LogP contribution in [0.5, 0.6) is 0 Å². The van der Waals surface area contributed by atoms with Gasteiger partial charge in [0.25, 0.3) is 0 Å². The van der Waals surface area contributed by atoms with Gasteiger partial charge >= 0.3 is 12.1 Å². The van der Waals surface area contributed by atoms with Gasteiger partial charge in [0, 0.05) is 12.8 Å². The van der Waals surface area contributed by atoms with Crippen molar-refractivity contribution in [2.24, 2.45) is 5.92 Å². The molecule has 1 amide bonds. The first-order valence-electron chi connectivity index (χ1n) is 6.49. The van der Waals surface area contributed by atoms with Gasteiger partial charge in [0.05, 0.1) is 0 Å². The van der Waals surface area contributed by atoms with Crippen LogP contribution in [0.1, 0.15) is 32.1 Å². The van der Waals surface area contributed by atoms with Crippen molar-refractivity contribution in [3.8, 4) is 0 Å². The van der Waals surface area contributed by atoms with Crippen LogP contribution in [0.3, 0.4) is 0 Å². The van der Waals surface area contributed by atoms with Crippen molar-refractivity contribution in [3.63, 3.8) is 0 Å². The van der Waals surface area contributed by atoms with E-state index in [0.717, 1.165) is 0 Å². The molecule has 1 saturated carbocycles. The van der Waals surface area contributed by atoms with Gasteiger partial charge in [-0.3, -0.25) is 0 Å². The maximum absolute atomic E-state index is 13.0. The largest absolute Gasteiger partial charge is 0.480 e. The molecule has 1 aliphatic carbocycles. The summed E-state index contributed by atoms with van der Waals surface area (Å²) >= 11 is 0. The third-order valence-electron chi connectivity index (χ3n) is 3.33. The van der Waals surface area contributed by atoms with Gasteiger partial charge in [-0.1, -0.05) is 12.7 Å². The number of nitrogens with one attached hydrogen (secondary N) is 1. The van der Waals surface area contributed by atoms with E-state index in [0.29, 0.717) is 0 Å². The first kappa shape index (κ1) is 16.4. The highest BCUT2D eigenvalue weighted by Crippen LogP contribution is 2.37. The van der Waals surface area contributed by atoms with Crippen molar-refractivity contribution >= 4 is 12.1 Å². The van der Waals surface area contributed by atoms with Crippen LogP contribution in [0, 0.1) is 5.92 Å². The number of aliphatic carboxylic acids is 1. The van der Waals surface area contributed by atoms with Crippen LogP contribution in [0.25, 0.3) is 0 Å². The molecular formula is C13H19F2NO4. The van der Waals surface area contributed by atoms with Crippen molar-refractivity contribution in [1.82, 2.24) is 5.32 Å². The molecule has 1 aliphatic rings. The molecule has 0 unspecified atom stereocenters. The molecule has 1 atom stereocenters. The third kappa shape index (κ3) is 5.54. The van der Waals surface area contributed by atoms with Gasteiger partial charge in [-0.15, -0.1) is 0 Å². The number of alkyl halides is 2. The summed E-state index contributed by atoms with van der Waals surface area (Å²) in [5.41, 5.74) is 0. The smallest absolute Gasteiger partial charge is 0.408 e. The van der Waals surface area contributed by atoms with Gasteiger partial charge in [0.15, 0.2) is 0 Å². The van der Waals surface area contributed by atoms with Crippen LogP contribution in [0.4, 0.5) is 13.6 Å². The normalized spacial score (nSPS) is 19.9. The Labute approximate surface area is 116 Å². The molecule has 0 heterocycles. The Morgan fingerprint density at radius 1 is 1.45 bits per heavy atom. The first-order chi connectivity index (χ1) is 9.34. The quantitative estimate of drug-likeness (QED) is 0.737. The highest BCUT2D eigenvalue weighted by molar-refractivity contribution is 5.79. The van der Waals surface area contributed by atoms with Crippen LogP contribution in [-0.4, -0.2) is 35.7 Å². The number of hydrogen-bond donors (Lipinski definition) is 2. The molecule has 0 saturated heterocycles. The minimum atomic E-state index is -2.65. The fourth-order valence-corrected chi connectivity index (χ4v) is 2.21. The predicted octanol–water partition coefficient (Wildman–Crippen LogP) is 2.57. The number of rotatable bonds is 6. The molecule has 0 radical (unpaired) electrons. The Kier molecular flexibility index (Phi) is 5.91. The molecule has 0 aromatic heterocycles. The fourth-order valence-electron chi connectivity index (χ4n) is 2.21. The van der Waals surface area contributed by atoms with Gasteiger partial charge in [0.1, 0.15) is 12.6 Å². The predicted molar refractivity (Wildman–Crippen MR) is 67.6 cm³/mol. The van der Waals surface area contributed by atoms with Crippen LogP contribution in [0.2, 0.25) is 0 Å². The molecular weight excluding hydrogens is 272 g/mol. The van der Waals surface area contributed by atoms with Crippen molar-refractivity contribution in [2.45, 2.75) is 44.1 Å². The molecule has 0 spiro atoms. The third-order valence-corrected chi connectivity index (χ3v) is 3.33. The average Bonchev–Trinajstić information content (AvgIpc) is 2.37. The van der Waals surface area contributed by atoms with Crippen LogP contribution >= 0.6 is 0 Å². The van der Waals surface area contributed by atoms with E-state index in [1.807, 2.05) is 0 Å². The van der Waals surface area contributed by atoms with E-state index in [4.69, 9.17) is 5.11 Å². The van der Waals surface area contributed by atoms with Crippen LogP contribution in [-0.2, 0) is 9.53 Å². The number of halogens is 2. The molecule has 1 fully saturated rings. The molecule has 0 bridgehead atoms. The average molecular weight is 291 g/mol.